The summed E-state index contributed by atoms with van der Waals surface area (Å²) in [7, 11) is 0. The van der Waals surface area contributed by atoms with Crippen LogP contribution in [0.5, 0.6) is 0 Å². The van der Waals surface area contributed by atoms with Crippen molar-refractivity contribution in [2.75, 3.05) is 4.90 Å². The number of para-hydroxylation sites is 1. The van der Waals surface area contributed by atoms with Gasteiger partial charge in [0.05, 0.1) is 10.6 Å². The smallest absolute Gasteiger partial charge is 0.268 e. The number of hydrogen-bond acceptors (Lipinski definition) is 3. The molecule has 0 unspecified atom stereocenters. The SMILES string of the molecule is CCc1ccccc1N1C(=O)C(=Cc2ccc(Cl)cc2)SC1=S. The number of anilines is 1. The van der Waals surface area contributed by atoms with Crippen molar-refractivity contribution >= 4 is 57.6 Å². The first-order valence-corrected chi connectivity index (χ1v) is 8.82. The van der Waals surface area contributed by atoms with Gasteiger partial charge >= 0.3 is 0 Å². The molecule has 2 nitrogen and oxygen atoms in total. The Morgan fingerprint density at radius 2 is 1.87 bits per heavy atom. The molecule has 116 valence electrons. The highest BCUT2D eigenvalue weighted by Gasteiger charge is 2.34. The van der Waals surface area contributed by atoms with Crippen molar-refractivity contribution in [3.05, 3.63) is 69.6 Å². The standard InChI is InChI=1S/C18H14ClNOS2/c1-2-13-5-3-4-6-15(13)20-17(21)16(23-18(20)22)11-12-7-9-14(19)10-8-12/h3-11H,2H2,1H3. The molecule has 1 amide bonds. The van der Waals surface area contributed by atoms with Crippen molar-refractivity contribution in [3.63, 3.8) is 0 Å². The number of thioether (sulfide) groups is 1. The maximum absolute atomic E-state index is 12.8. The molecule has 0 spiro atoms. The zero-order valence-corrected chi connectivity index (χ0v) is 14.8. The Labute approximate surface area is 150 Å². The van der Waals surface area contributed by atoms with E-state index in [2.05, 4.69) is 6.92 Å². The van der Waals surface area contributed by atoms with E-state index in [0.717, 1.165) is 23.2 Å². The molecule has 1 heterocycles. The molecule has 0 aromatic heterocycles. The largest absolute Gasteiger partial charge is 0.270 e. The molecule has 0 aliphatic carbocycles. The predicted molar refractivity (Wildman–Crippen MR) is 103 cm³/mol. The molecule has 0 N–H and O–H groups in total. The summed E-state index contributed by atoms with van der Waals surface area (Å²) in [5.41, 5.74) is 2.91. The van der Waals surface area contributed by atoms with Crippen molar-refractivity contribution < 1.29 is 4.79 Å². The van der Waals surface area contributed by atoms with Gasteiger partial charge in [-0.05, 0) is 41.8 Å². The maximum Gasteiger partial charge on any atom is 0.270 e. The van der Waals surface area contributed by atoms with E-state index in [1.807, 2.05) is 42.5 Å². The Bertz CT molecular complexity index is 799. The number of nitrogens with zero attached hydrogens (tertiary/aromatic N) is 1. The second-order valence-corrected chi connectivity index (χ2v) is 7.16. The minimum absolute atomic E-state index is 0.0733. The van der Waals surface area contributed by atoms with Crippen molar-refractivity contribution in [2.24, 2.45) is 0 Å². The molecular formula is C18H14ClNOS2. The lowest BCUT2D eigenvalue weighted by Gasteiger charge is -2.18. The van der Waals surface area contributed by atoms with E-state index in [-0.39, 0.29) is 5.91 Å². The molecule has 2 aromatic carbocycles. The summed E-state index contributed by atoms with van der Waals surface area (Å²) in [5, 5.41) is 0.673. The highest BCUT2D eigenvalue weighted by molar-refractivity contribution is 8.27. The summed E-state index contributed by atoms with van der Waals surface area (Å²) in [5.74, 6) is -0.0733. The molecule has 1 aliphatic rings. The number of amides is 1. The van der Waals surface area contributed by atoms with E-state index in [1.165, 1.54) is 11.8 Å². The van der Waals surface area contributed by atoms with E-state index < -0.39 is 0 Å². The van der Waals surface area contributed by atoms with Crippen LogP contribution in [0.3, 0.4) is 0 Å². The maximum atomic E-state index is 12.8. The summed E-state index contributed by atoms with van der Waals surface area (Å²) >= 11 is 12.7. The quantitative estimate of drug-likeness (QED) is 0.547. The van der Waals surface area contributed by atoms with Gasteiger partial charge in [-0.2, -0.15) is 0 Å². The first kappa shape index (κ1) is 16.2. The minimum atomic E-state index is -0.0733. The molecule has 0 radical (unpaired) electrons. The van der Waals surface area contributed by atoms with Crippen molar-refractivity contribution in [3.8, 4) is 0 Å². The highest BCUT2D eigenvalue weighted by atomic mass is 35.5. The van der Waals surface area contributed by atoms with Crippen LogP contribution >= 0.6 is 35.6 Å². The third kappa shape index (κ3) is 3.34. The fourth-order valence-corrected chi connectivity index (χ4v) is 3.82. The summed E-state index contributed by atoms with van der Waals surface area (Å²) in [6, 6.07) is 15.2. The Morgan fingerprint density at radius 3 is 2.57 bits per heavy atom. The lowest BCUT2D eigenvalue weighted by atomic mass is 10.1. The zero-order chi connectivity index (χ0) is 16.4. The average Bonchev–Trinajstić information content (AvgIpc) is 2.83. The molecule has 0 bridgehead atoms. The van der Waals surface area contributed by atoms with Gasteiger partial charge in [-0.3, -0.25) is 9.69 Å². The van der Waals surface area contributed by atoms with Crippen LogP contribution in [0.4, 0.5) is 5.69 Å². The fourth-order valence-electron chi connectivity index (χ4n) is 2.41. The lowest BCUT2D eigenvalue weighted by molar-refractivity contribution is -0.113. The number of carbonyl (C=O) groups excluding carboxylic acids is 1. The van der Waals surface area contributed by atoms with Crippen LogP contribution in [0.15, 0.2) is 53.4 Å². The molecule has 2 aromatic rings. The Kier molecular flexibility index (Phi) is 4.85. The van der Waals surface area contributed by atoms with Gasteiger partial charge in [-0.1, -0.05) is 72.8 Å². The number of thiocarbonyl (C=S) groups is 1. The Hall–Kier alpha value is -1.62. The number of rotatable bonds is 3. The van der Waals surface area contributed by atoms with Crippen LogP contribution in [0.1, 0.15) is 18.1 Å². The van der Waals surface area contributed by atoms with Gasteiger partial charge in [0.1, 0.15) is 0 Å². The van der Waals surface area contributed by atoms with Crippen LogP contribution in [0, 0.1) is 0 Å². The molecule has 0 atom stereocenters. The van der Waals surface area contributed by atoms with E-state index in [4.69, 9.17) is 23.8 Å². The van der Waals surface area contributed by atoms with Gasteiger partial charge in [0, 0.05) is 5.02 Å². The molecule has 1 fully saturated rings. The average molecular weight is 360 g/mol. The van der Waals surface area contributed by atoms with Gasteiger partial charge in [-0.15, -0.1) is 0 Å². The zero-order valence-electron chi connectivity index (χ0n) is 12.5. The van der Waals surface area contributed by atoms with Gasteiger partial charge in [0.25, 0.3) is 5.91 Å². The van der Waals surface area contributed by atoms with Crippen molar-refractivity contribution in [1.29, 1.82) is 0 Å². The van der Waals surface area contributed by atoms with Crippen LogP contribution < -0.4 is 4.90 Å². The van der Waals surface area contributed by atoms with E-state index >= 15 is 0 Å². The molecule has 1 saturated heterocycles. The summed E-state index contributed by atoms with van der Waals surface area (Å²) < 4.78 is 0.566. The lowest BCUT2D eigenvalue weighted by Crippen LogP contribution is -2.28. The first-order chi connectivity index (χ1) is 11.1. The highest BCUT2D eigenvalue weighted by Crippen LogP contribution is 2.37. The molecule has 1 aliphatic heterocycles. The Balaban J connectivity index is 1.95. The van der Waals surface area contributed by atoms with Gasteiger partial charge in [-0.25, -0.2) is 0 Å². The second-order valence-electron chi connectivity index (χ2n) is 5.05. The summed E-state index contributed by atoms with van der Waals surface area (Å²) in [6.45, 7) is 2.07. The predicted octanol–water partition coefficient (Wildman–Crippen LogP) is 5.31. The van der Waals surface area contributed by atoms with Crippen LogP contribution in [-0.4, -0.2) is 10.2 Å². The molecular weight excluding hydrogens is 346 g/mol. The number of halogens is 1. The number of benzene rings is 2. The number of aryl methyl sites for hydroxylation is 1. The second kappa shape index (κ2) is 6.87. The van der Waals surface area contributed by atoms with Crippen molar-refractivity contribution in [2.45, 2.75) is 13.3 Å². The molecule has 3 rings (SSSR count). The molecule has 5 heteroatoms. The first-order valence-electron chi connectivity index (χ1n) is 7.21. The summed E-state index contributed by atoms with van der Waals surface area (Å²) in [4.78, 5) is 15.0. The normalized spacial score (nSPS) is 16.4. The summed E-state index contributed by atoms with van der Waals surface area (Å²) in [6.07, 6.45) is 2.70. The third-order valence-electron chi connectivity index (χ3n) is 3.57. The van der Waals surface area contributed by atoms with Gasteiger partial charge in [0.15, 0.2) is 4.32 Å². The molecule has 0 saturated carbocycles. The van der Waals surface area contributed by atoms with Gasteiger partial charge in [0.2, 0.25) is 0 Å². The van der Waals surface area contributed by atoms with E-state index in [0.29, 0.717) is 14.2 Å². The topological polar surface area (TPSA) is 20.3 Å². The van der Waals surface area contributed by atoms with Crippen LogP contribution in [0.2, 0.25) is 5.02 Å². The van der Waals surface area contributed by atoms with Crippen LogP contribution in [0.25, 0.3) is 6.08 Å². The molecule has 23 heavy (non-hydrogen) atoms. The van der Waals surface area contributed by atoms with Gasteiger partial charge < -0.3 is 0 Å². The Morgan fingerprint density at radius 1 is 1.17 bits per heavy atom. The minimum Gasteiger partial charge on any atom is -0.268 e. The van der Waals surface area contributed by atoms with Crippen LogP contribution in [-0.2, 0) is 11.2 Å². The monoisotopic (exact) mass is 359 g/mol. The fraction of sp³-hybridized carbons (Fsp3) is 0.111. The van der Waals surface area contributed by atoms with E-state index in [9.17, 15) is 4.79 Å². The van der Waals surface area contributed by atoms with E-state index in [1.54, 1.807) is 17.0 Å². The number of hydrogen-bond donors (Lipinski definition) is 0. The van der Waals surface area contributed by atoms with Crippen molar-refractivity contribution in [1.82, 2.24) is 0 Å². The number of carbonyl (C=O) groups is 1. The third-order valence-corrected chi connectivity index (χ3v) is 5.13.